The third-order valence-corrected chi connectivity index (χ3v) is 5.64. The molecular weight excluding hydrogens is 298 g/mol. The average Bonchev–Trinajstić information content (AvgIpc) is 2.87. The van der Waals surface area contributed by atoms with E-state index in [0.29, 0.717) is 6.04 Å². The van der Waals surface area contributed by atoms with Crippen LogP contribution in [0.25, 0.3) is 11.3 Å². The summed E-state index contributed by atoms with van der Waals surface area (Å²) < 4.78 is 5.57. The van der Waals surface area contributed by atoms with E-state index in [2.05, 4.69) is 35.0 Å². The summed E-state index contributed by atoms with van der Waals surface area (Å²) in [6.07, 6.45) is 5.76. The smallest absolute Gasteiger partial charge is 0.128 e. The Kier molecular flexibility index (Phi) is 4.15. The van der Waals surface area contributed by atoms with Crippen LogP contribution in [0.1, 0.15) is 19.3 Å². The number of aromatic nitrogens is 1. The highest BCUT2D eigenvalue weighted by Crippen LogP contribution is 2.37. The van der Waals surface area contributed by atoms with E-state index in [1.165, 1.54) is 24.9 Å². The number of rotatable bonds is 3. The molecule has 3 heterocycles. The molecule has 0 aliphatic carbocycles. The Morgan fingerprint density at radius 1 is 1.04 bits per heavy atom. The maximum Gasteiger partial charge on any atom is 0.128 e. The van der Waals surface area contributed by atoms with E-state index in [1.54, 1.807) is 7.11 Å². The van der Waals surface area contributed by atoms with Crippen LogP contribution in [-0.2, 0) is 0 Å². The van der Waals surface area contributed by atoms with Gasteiger partial charge in [0.05, 0.1) is 18.5 Å². The van der Waals surface area contributed by atoms with Gasteiger partial charge in [0.1, 0.15) is 5.75 Å². The maximum atomic E-state index is 5.57. The highest BCUT2D eigenvalue weighted by Gasteiger charge is 2.35. The Morgan fingerprint density at radius 3 is 2.75 bits per heavy atom. The molecule has 2 fully saturated rings. The third-order valence-electron chi connectivity index (χ3n) is 5.64. The number of nitrogens with zero attached hydrogens (tertiary/aromatic N) is 3. The van der Waals surface area contributed by atoms with Gasteiger partial charge in [0, 0.05) is 36.9 Å². The molecule has 0 N–H and O–H groups in total. The zero-order valence-electron chi connectivity index (χ0n) is 14.5. The van der Waals surface area contributed by atoms with Gasteiger partial charge < -0.3 is 9.64 Å². The summed E-state index contributed by atoms with van der Waals surface area (Å²) >= 11 is 0. The van der Waals surface area contributed by atoms with Crippen molar-refractivity contribution in [1.29, 1.82) is 0 Å². The van der Waals surface area contributed by atoms with Crippen molar-refractivity contribution in [2.45, 2.75) is 31.3 Å². The minimum absolute atomic E-state index is 0.656. The van der Waals surface area contributed by atoms with E-state index in [0.717, 1.165) is 36.1 Å². The molecule has 2 aliphatic rings. The van der Waals surface area contributed by atoms with Crippen molar-refractivity contribution in [3.63, 3.8) is 0 Å². The lowest BCUT2D eigenvalue weighted by atomic mass is 10.0. The van der Waals surface area contributed by atoms with Gasteiger partial charge in [-0.3, -0.25) is 9.88 Å². The van der Waals surface area contributed by atoms with Gasteiger partial charge in [0.2, 0.25) is 0 Å². The molecular formula is C20H25N3O. The molecule has 4 heteroatoms. The van der Waals surface area contributed by atoms with Crippen molar-refractivity contribution in [2.75, 3.05) is 32.1 Å². The summed E-state index contributed by atoms with van der Waals surface area (Å²) in [6.45, 7) is 2.18. The Bertz CT molecular complexity index is 718. The number of fused-ring (bicyclic) bond motifs is 2. The number of hydrogen-bond acceptors (Lipinski definition) is 4. The lowest BCUT2D eigenvalue weighted by Gasteiger charge is -2.29. The molecule has 2 saturated heterocycles. The molecule has 126 valence electrons. The quantitative estimate of drug-likeness (QED) is 0.865. The Labute approximate surface area is 144 Å². The van der Waals surface area contributed by atoms with Crippen LogP contribution in [0.15, 0.2) is 42.6 Å². The van der Waals surface area contributed by atoms with E-state index in [1.807, 2.05) is 24.4 Å². The van der Waals surface area contributed by atoms with Crippen LogP contribution >= 0.6 is 0 Å². The summed E-state index contributed by atoms with van der Waals surface area (Å²) in [4.78, 5) is 9.81. The number of para-hydroxylation sites is 1. The van der Waals surface area contributed by atoms with Crippen LogP contribution in [0, 0.1) is 0 Å². The molecule has 0 spiro atoms. The summed E-state index contributed by atoms with van der Waals surface area (Å²) in [5, 5.41) is 0. The molecule has 24 heavy (non-hydrogen) atoms. The van der Waals surface area contributed by atoms with Crippen LogP contribution in [-0.4, -0.2) is 49.2 Å². The highest BCUT2D eigenvalue weighted by molar-refractivity contribution is 5.79. The van der Waals surface area contributed by atoms with Crippen molar-refractivity contribution >= 4 is 5.69 Å². The van der Waals surface area contributed by atoms with Crippen LogP contribution in [0.3, 0.4) is 0 Å². The molecule has 0 amide bonds. The van der Waals surface area contributed by atoms with E-state index in [-0.39, 0.29) is 0 Å². The van der Waals surface area contributed by atoms with Crippen molar-refractivity contribution in [3.05, 3.63) is 42.6 Å². The van der Waals surface area contributed by atoms with Crippen molar-refractivity contribution < 1.29 is 4.74 Å². The number of methoxy groups -OCH3 is 1. The average molecular weight is 323 g/mol. The first-order valence-corrected chi connectivity index (χ1v) is 8.83. The molecule has 1 aromatic carbocycles. The molecule has 0 saturated carbocycles. The monoisotopic (exact) mass is 323 g/mol. The van der Waals surface area contributed by atoms with Crippen LogP contribution in [0.2, 0.25) is 0 Å². The zero-order valence-corrected chi connectivity index (χ0v) is 14.5. The molecule has 2 aromatic rings. The normalized spacial score (nSPS) is 24.0. The second-order valence-electron chi connectivity index (χ2n) is 6.86. The van der Waals surface area contributed by atoms with E-state index in [9.17, 15) is 0 Å². The predicted octanol–water partition coefficient (Wildman–Crippen LogP) is 3.43. The van der Waals surface area contributed by atoms with Gasteiger partial charge in [-0.1, -0.05) is 12.1 Å². The fourth-order valence-electron chi connectivity index (χ4n) is 4.23. The molecule has 2 atom stereocenters. The summed E-state index contributed by atoms with van der Waals surface area (Å²) in [5.74, 6) is 0.880. The van der Waals surface area contributed by atoms with Crippen molar-refractivity contribution in [2.24, 2.45) is 0 Å². The predicted molar refractivity (Wildman–Crippen MR) is 97.6 cm³/mol. The molecule has 4 rings (SSSR count). The van der Waals surface area contributed by atoms with Gasteiger partial charge >= 0.3 is 0 Å². The Balaban J connectivity index is 1.72. The van der Waals surface area contributed by atoms with Gasteiger partial charge in [-0.15, -0.1) is 0 Å². The summed E-state index contributed by atoms with van der Waals surface area (Å²) in [5.41, 5.74) is 3.32. The first kappa shape index (κ1) is 15.5. The third kappa shape index (κ3) is 2.65. The van der Waals surface area contributed by atoms with E-state index < -0.39 is 0 Å². The van der Waals surface area contributed by atoms with Crippen molar-refractivity contribution in [1.82, 2.24) is 9.88 Å². The van der Waals surface area contributed by atoms with Gasteiger partial charge in [-0.2, -0.15) is 0 Å². The largest absolute Gasteiger partial charge is 0.496 e. The van der Waals surface area contributed by atoms with Gasteiger partial charge in [-0.05, 0) is 50.6 Å². The van der Waals surface area contributed by atoms with Crippen LogP contribution in [0.4, 0.5) is 5.69 Å². The first-order chi connectivity index (χ1) is 11.8. The fraction of sp³-hybridized carbons (Fsp3) is 0.450. The lowest BCUT2D eigenvalue weighted by Crippen LogP contribution is -2.36. The minimum atomic E-state index is 0.656. The highest BCUT2D eigenvalue weighted by atomic mass is 16.5. The molecule has 1 aromatic heterocycles. The summed E-state index contributed by atoms with van der Waals surface area (Å²) in [7, 11) is 4.01. The first-order valence-electron chi connectivity index (χ1n) is 8.83. The number of pyridine rings is 1. The standard InChI is InChI=1S/C20H25N3O/c1-22-15-9-10-16(22)14-23(13-11-15)18-7-5-12-21-20(18)17-6-3-4-8-19(17)24-2/h3-8,12,15-16H,9-11,13-14H2,1-2H3. The van der Waals surface area contributed by atoms with E-state index >= 15 is 0 Å². The van der Waals surface area contributed by atoms with Gasteiger partial charge in [0.15, 0.2) is 0 Å². The number of benzene rings is 1. The molecule has 2 bridgehead atoms. The van der Waals surface area contributed by atoms with E-state index in [4.69, 9.17) is 9.72 Å². The topological polar surface area (TPSA) is 28.6 Å². The second kappa shape index (κ2) is 6.44. The molecule has 2 aliphatic heterocycles. The SMILES string of the molecule is COc1ccccc1-c1ncccc1N1CCC2CCC(C1)N2C. The van der Waals surface area contributed by atoms with Gasteiger partial charge in [-0.25, -0.2) is 0 Å². The summed E-state index contributed by atoms with van der Waals surface area (Å²) in [6, 6.07) is 13.8. The number of anilines is 1. The molecule has 0 radical (unpaired) electrons. The number of likely N-dealkylation sites (N-methyl/N-ethyl adjacent to an activating group) is 1. The van der Waals surface area contributed by atoms with Crippen LogP contribution in [0.5, 0.6) is 5.75 Å². The number of hydrogen-bond donors (Lipinski definition) is 0. The maximum absolute atomic E-state index is 5.57. The van der Waals surface area contributed by atoms with Gasteiger partial charge in [0.25, 0.3) is 0 Å². The zero-order chi connectivity index (χ0) is 16.5. The lowest BCUT2D eigenvalue weighted by molar-refractivity contribution is 0.254. The Morgan fingerprint density at radius 2 is 1.88 bits per heavy atom. The number of ether oxygens (including phenoxy) is 1. The van der Waals surface area contributed by atoms with Crippen LogP contribution < -0.4 is 9.64 Å². The minimum Gasteiger partial charge on any atom is -0.496 e. The second-order valence-corrected chi connectivity index (χ2v) is 6.86. The molecule has 2 unspecified atom stereocenters. The Hall–Kier alpha value is -2.07. The fourth-order valence-corrected chi connectivity index (χ4v) is 4.23. The molecule has 4 nitrogen and oxygen atoms in total. The van der Waals surface area contributed by atoms with Crippen molar-refractivity contribution in [3.8, 4) is 17.0 Å².